The minimum atomic E-state index is -0.672. The largest absolute Gasteiger partial charge is 0.461 e. The first kappa shape index (κ1) is 27.9. The molecule has 1 unspecified atom stereocenters. The van der Waals surface area contributed by atoms with Crippen molar-refractivity contribution in [1.82, 2.24) is 24.8 Å². The summed E-state index contributed by atoms with van der Waals surface area (Å²) in [6.07, 6.45) is 6.41. The molecule has 0 spiro atoms. The highest BCUT2D eigenvalue weighted by Crippen LogP contribution is 2.45. The Morgan fingerprint density at radius 3 is 2.73 bits per heavy atom. The van der Waals surface area contributed by atoms with Crippen LogP contribution in [0.15, 0.2) is 30.9 Å². The molecule has 44 heavy (non-hydrogen) atoms. The molecule has 0 aliphatic carbocycles. The molecule has 9 nitrogen and oxygen atoms in total. The number of carbonyl (C=O) groups is 1. The number of aromatic nitrogens is 3. The van der Waals surface area contributed by atoms with E-state index in [2.05, 4.69) is 26.3 Å². The SMILES string of the molecule is C=CC(=O)N1CCC2[C@H]1CN2c1nc(OCC23CCCN2CCC3)nc2c(F)c(-c3ccc(F)c4sc(N)nc34)c(Cl)cc12. The highest BCUT2D eigenvalue weighted by Gasteiger charge is 2.50. The molecule has 4 saturated heterocycles. The highest BCUT2D eigenvalue weighted by atomic mass is 35.5. The number of anilines is 2. The number of nitrogens with zero attached hydrogens (tertiary/aromatic N) is 6. The number of benzene rings is 2. The lowest BCUT2D eigenvalue weighted by Gasteiger charge is -2.47. The number of rotatable bonds is 6. The number of carbonyl (C=O) groups excluding carboxylic acids is 1. The van der Waals surface area contributed by atoms with E-state index in [1.54, 1.807) is 6.07 Å². The molecule has 0 radical (unpaired) electrons. The van der Waals surface area contributed by atoms with Gasteiger partial charge in [-0.3, -0.25) is 9.69 Å². The smallest absolute Gasteiger partial charge is 0.319 e. The van der Waals surface area contributed by atoms with Crippen LogP contribution in [0.3, 0.4) is 0 Å². The van der Waals surface area contributed by atoms with Gasteiger partial charge in [-0.1, -0.05) is 29.5 Å². The summed E-state index contributed by atoms with van der Waals surface area (Å²) in [6.45, 7) is 7.30. The predicted molar refractivity (Wildman–Crippen MR) is 167 cm³/mol. The quantitative estimate of drug-likeness (QED) is 0.281. The molecule has 8 rings (SSSR count). The van der Waals surface area contributed by atoms with Gasteiger partial charge in [0.25, 0.3) is 0 Å². The zero-order chi connectivity index (χ0) is 30.3. The van der Waals surface area contributed by atoms with Crippen LogP contribution in [0.1, 0.15) is 32.1 Å². The van der Waals surface area contributed by atoms with Crippen LogP contribution in [0.4, 0.5) is 19.7 Å². The van der Waals surface area contributed by atoms with Crippen LogP contribution >= 0.6 is 22.9 Å². The zero-order valence-corrected chi connectivity index (χ0v) is 25.4. The van der Waals surface area contributed by atoms with Crippen LogP contribution < -0.4 is 15.4 Å². The van der Waals surface area contributed by atoms with Crippen molar-refractivity contribution in [1.29, 1.82) is 0 Å². The third kappa shape index (κ3) is 4.10. The highest BCUT2D eigenvalue weighted by molar-refractivity contribution is 7.22. The molecular formula is C31H30ClF2N7O2S. The number of thiazole rings is 1. The monoisotopic (exact) mass is 637 g/mol. The van der Waals surface area contributed by atoms with Crippen molar-refractivity contribution in [3.8, 4) is 17.1 Å². The molecule has 6 heterocycles. The van der Waals surface area contributed by atoms with Gasteiger partial charge in [0.15, 0.2) is 10.9 Å². The second-order valence-electron chi connectivity index (χ2n) is 12.1. The Morgan fingerprint density at radius 1 is 1.16 bits per heavy atom. The molecule has 2 atom stereocenters. The Morgan fingerprint density at radius 2 is 1.95 bits per heavy atom. The average Bonchev–Trinajstić information content (AvgIpc) is 3.76. The standard InChI is InChI=1S/C31H30ClF2N7O2S/c1-2-22(42)40-12-7-20-21(40)14-41(20)28-17-13-18(32)23(16-5-6-19(33)27-26(16)36-29(35)44-27)24(34)25(17)37-30(38-28)43-15-31-8-3-10-39(31)11-4-9-31/h2,5-6,13,20-21H,1,3-4,7-12,14-15H2,(H2,35,36)/t20?,21-/m1/s1. The van der Waals surface area contributed by atoms with E-state index < -0.39 is 11.6 Å². The number of ether oxygens (including phenoxy) is 1. The molecule has 2 aromatic carbocycles. The van der Waals surface area contributed by atoms with Gasteiger partial charge >= 0.3 is 6.01 Å². The van der Waals surface area contributed by atoms with Gasteiger partial charge in [-0.05, 0) is 69.5 Å². The van der Waals surface area contributed by atoms with Crippen molar-refractivity contribution in [3.63, 3.8) is 0 Å². The minimum Gasteiger partial charge on any atom is -0.461 e. The fourth-order valence-electron chi connectivity index (χ4n) is 7.80. The number of nitrogen functional groups attached to an aromatic ring is 1. The molecule has 4 aromatic rings. The molecule has 13 heteroatoms. The lowest BCUT2D eigenvalue weighted by atomic mass is 9.95. The van der Waals surface area contributed by atoms with Crippen LogP contribution in [-0.2, 0) is 4.79 Å². The number of fused-ring (bicyclic) bond motifs is 4. The predicted octanol–water partition coefficient (Wildman–Crippen LogP) is 5.40. The molecule has 4 aliphatic rings. The topological polar surface area (TPSA) is 101 Å². The average molecular weight is 638 g/mol. The van der Waals surface area contributed by atoms with Crippen molar-refractivity contribution in [3.05, 3.63) is 47.5 Å². The Balaban J connectivity index is 1.25. The summed E-state index contributed by atoms with van der Waals surface area (Å²) in [5, 5.41) is 0.726. The number of hydrogen-bond donors (Lipinski definition) is 1. The zero-order valence-electron chi connectivity index (χ0n) is 23.9. The van der Waals surface area contributed by atoms with Gasteiger partial charge < -0.3 is 20.3 Å². The first-order chi connectivity index (χ1) is 21.3. The summed E-state index contributed by atoms with van der Waals surface area (Å²) in [6, 6.07) is 4.50. The lowest BCUT2D eigenvalue weighted by Crippen LogP contribution is -2.63. The summed E-state index contributed by atoms with van der Waals surface area (Å²) in [7, 11) is 0. The molecule has 2 N–H and O–H groups in total. The fourth-order valence-corrected chi connectivity index (χ4v) is 8.86. The molecule has 0 bridgehead atoms. The fraction of sp³-hybridized carbons (Fsp3) is 0.419. The van der Waals surface area contributed by atoms with E-state index in [4.69, 9.17) is 27.1 Å². The van der Waals surface area contributed by atoms with Gasteiger partial charge in [0.05, 0.1) is 32.9 Å². The van der Waals surface area contributed by atoms with Crippen molar-refractivity contribution < 1.29 is 18.3 Å². The summed E-state index contributed by atoms with van der Waals surface area (Å²) in [4.78, 5) is 32.6. The van der Waals surface area contributed by atoms with E-state index in [1.807, 2.05) is 4.90 Å². The molecule has 1 amide bonds. The third-order valence-electron chi connectivity index (χ3n) is 9.93. The van der Waals surface area contributed by atoms with Crippen LogP contribution in [0.25, 0.3) is 32.2 Å². The number of nitrogens with two attached hydrogens (primary N) is 1. The van der Waals surface area contributed by atoms with Crippen LogP contribution in [0.2, 0.25) is 5.02 Å². The number of halogens is 3. The van der Waals surface area contributed by atoms with Gasteiger partial charge in [-0.2, -0.15) is 9.97 Å². The van der Waals surface area contributed by atoms with Crippen molar-refractivity contribution in [2.24, 2.45) is 0 Å². The van der Waals surface area contributed by atoms with Crippen molar-refractivity contribution >= 4 is 60.9 Å². The maximum atomic E-state index is 16.8. The van der Waals surface area contributed by atoms with Crippen LogP contribution in [0.5, 0.6) is 6.01 Å². The molecule has 4 fully saturated rings. The number of hydrogen-bond acceptors (Lipinski definition) is 9. The van der Waals surface area contributed by atoms with Crippen LogP contribution in [0, 0.1) is 11.6 Å². The maximum absolute atomic E-state index is 16.8. The van der Waals surface area contributed by atoms with Crippen LogP contribution in [-0.4, -0.2) is 81.1 Å². The summed E-state index contributed by atoms with van der Waals surface area (Å²) in [5.41, 5.74) is 6.54. The summed E-state index contributed by atoms with van der Waals surface area (Å²) in [5.74, 6) is -0.747. The van der Waals surface area contributed by atoms with E-state index in [1.165, 1.54) is 18.2 Å². The molecule has 4 aliphatic heterocycles. The van der Waals surface area contributed by atoms with Gasteiger partial charge in [0.1, 0.15) is 23.8 Å². The second-order valence-corrected chi connectivity index (χ2v) is 13.6. The van der Waals surface area contributed by atoms with E-state index in [0.717, 1.165) is 56.5 Å². The second kappa shape index (κ2) is 10.2. The van der Waals surface area contributed by atoms with Gasteiger partial charge in [0.2, 0.25) is 5.91 Å². The van der Waals surface area contributed by atoms with Crippen molar-refractivity contribution in [2.45, 2.75) is 49.7 Å². The van der Waals surface area contributed by atoms with E-state index in [0.29, 0.717) is 36.5 Å². The third-order valence-corrected chi connectivity index (χ3v) is 11.1. The van der Waals surface area contributed by atoms with Gasteiger partial charge in [-0.15, -0.1) is 0 Å². The Hall–Kier alpha value is -3.61. The van der Waals surface area contributed by atoms with E-state index >= 15 is 4.39 Å². The Bertz CT molecular complexity index is 1860. The molecule has 2 aromatic heterocycles. The maximum Gasteiger partial charge on any atom is 0.319 e. The Labute approximate surface area is 261 Å². The molecule has 228 valence electrons. The lowest BCUT2D eigenvalue weighted by molar-refractivity contribution is -0.127. The number of likely N-dealkylation sites (tertiary alicyclic amines) is 1. The summed E-state index contributed by atoms with van der Waals surface area (Å²) >= 11 is 7.80. The number of amides is 1. The van der Waals surface area contributed by atoms with Gasteiger partial charge in [-0.25, -0.2) is 13.8 Å². The van der Waals surface area contributed by atoms with Gasteiger partial charge in [0, 0.05) is 29.6 Å². The molecular weight excluding hydrogens is 608 g/mol. The Kier molecular flexibility index (Phi) is 6.48. The first-order valence-electron chi connectivity index (χ1n) is 14.9. The first-order valence-corrected chi connectivity index (χ1v) is 16.1. The van der Waals surface area contributed by atoms with E-state index in [9.17, 15) is 9.18 Å². The normalized spacial score (nSPS) is 22.4. The minimum absolute atomic E-state index is 0.0137. The molecule has 0 saturated carbocycles. The van der Waals surface area contributed by atoms with Crippen molar-refractivity contribution in [2.75, 3.05) is 43.4 Å². The summed E-state index contributed by atoms with van der Waals surface area (Å²) < 4.78 is 37.9. The van der Waals surface area contributed by atoms with E-state index in [-0.39, 0.29) is 61.0 Å².